The van der Waals surface area contributed by atoms with E-state index in [1.54, 1.807) is 45.9 Å². The number of rotatable bonds is 4. The molecule has 28 heavy (non-hydrogen) atoms. The summed E-state index contributed by atoms with van der Waals surface area (Å²) in [5.74, 6) is 0.523. The van der Waals surface area contributed by atoms with E-state index < -0.39 is 0 Å². The molecule has 0 atom stereocenters. The number of benzene rings is 2. The third-order valence-corrected chi connectivity index (χ3v) is 5.05. The molecule has 0 aliphatic heterocycles. The number of nitrogens with one attached hydrogen (secondary N) is 1. The highest BCUT2D eigenvalue weighted by Crippen LogP contribution is 2.27. The van der Waals surface area contributed by atoms with Crippen molar-refractivity contribution in [1.29, 1.82) is 5.26 Å². The smallest absolute Gasteiger partial charge is 0.186 e. The van der Waals surface area contributed by atoms with E-state index in [1.807, 2.05) is 12.1 Å². The summed E-state index contributed by atoms with van der Waals surface area (Å²) in [7, 11) is 0. The minimum atomic E-state index is 0.440. The van der Waals surface area contributed by atoms with Crippen molar-refractivity contribution < 1.29 is 0 Å². The van der Waals surface area contributed by atoms with Gasteiger partial charge in [0, 0.05) is 11.2 Å². The second kappa shape index (κ2) is 7.56. The first-order chi connectivity index (χ1) is 13.6. The Morgan fingerprint density at radius 2 is 1.93 bits per heavy atom. The molecule has 7 nitrogen and oxygen atoms in total. The molecule has 0 radical (unpaired) electrons. The Bertz CT molecular complexity index is 1250. The average Bonchev–Trinajstić information content (AvgIpc) is 3.29. The third kappa shape index (κ3) is 3.43. The van der Waals surface area contributed by atoms with Crippen LogP contribution in [0.25, 0.3) is 17.1 Å². The van der Waals surface area contributed by atoms with Gasteiger partial charge in [0.2, 0.25) is 0 Å². The van der Waals surface area contributed by atoms with Gasteiger partial charge >= 0.3 is 0 Å². The molecule has 4 aromatic rings. The van der Waals surface area contributed by atoms with Gasteiger partial charge in [0.1, 0.15) is 4.64 Å². The van der Waals surface area contributed by atoms with E-state index in [4.69, 9.17) is 40.7 Å². The van der Waals surface area contributed by atoms with E-state index in [9.17, 15) is 0 Å². The molecule has 1 N–H and O–H groups in total. The van der Waals surface area contributed by atoms with Crippen molar-refractivity contribution in [2.24, 2.45) is 0 Å². The van der Waals surface area contributed by atoms with E-state index in [-0.39, 0.29) is 0 Å². The second-order valence-corrected chi connectivity index (χ2v) is 7.12. The minimum Gasteiger partial charge on any atom is -0.299 e. The summed E-state index contributed by atoms with van der Waals surface area (Å²) in [6, 6.07) is 14.5. The Morgan fingerprint density at radius 1 is 1.14 bits per heavy atom. The van der Waals surface area contributed by atoms with E-state index >= 15 is 0 Å². The van der Waals surface area contributed by atoms with Crippen molar-refractivity contribution >= 4 is 35.4 Å². The molecule has 0 unspecified atom stereocenters. The SMILES string of the molecule is N#Cc1ccc(Cn2nnnc2-c2c[nH]n(-c3ccc(Cl)cc3Cl)c2=S)cc1. The van der Waals surface area contributed by atoms with Crippen LogP contribution < -0.4 is 0 Å². The highest BCUT2D eigenvalue weighted by atomic mass is 35.5. The van der Waals surface area contributed by atoms with Gasteiger partial charge in [-0.1, -0.05) is 47.6 Å². The quantitative estimate of drug-likeness (QED) is 0.487. The summed E-state index contributed by atoms with van der Waals surface area (Å²) in [5, 5.41) is 25.0. The summed E-state index contributed by atoms with van der Waals surface area (Å²) >= 11 is 17.9. The summed E-state index contributed by atoms with van der Waals surface area (Å²) < 4.78 is 3.80. The number of halogens is 2. The highest BCUT2D eigenvalue weighted by molar-refractivity contribution is 7.71. The monoisotopic (exact) mass is 427 g/mol. The number of nitriles is 1. The molecule has 0 fully saturated rings. The lowest BCUT2D eigenvalue weighted by molar-refractivity contribution is 0.653. The van der Waals surface area contributed by atoms with Crippen molar-refractivity contribution in [3.63, 3.8) is 0 Å². The molecule has 2 aromatic heterocycles. The molecule has 0 spiro atoms. The summed E-state index contributed by atoms with van der Waals surface area (Å²) in [5.41, 5.74) is 2.90. The largest absolute Gasteiger partial charge is 0.299 e. The Morgan fingerprint density at radius 3 is 2.64 bits per heavy atom. The van der Waals surface area contributed by atoms with Crippen molar-refractivity contribution in [1.82, 2.24) is 30.0 Å². The number of aromatic nitrogens is 6. The van der Waals surface area contributed by atoms with E-state index in [1.165, 1.54) is 0 Å². The summed E-state index contributed by atoms with van der Waals surface area (Å²) in [4.78, 5) is 0. The molecular formula is C18H11Cl2N7S. The molecule has 0 saturated carbocycles. The first-order valence-corrected chi connectivity index (χ1v) is 9.24. The molecule has 2 aromatic carbocycles. The van der Waals surface area contributed by atoms with Gasteiger partial charge in [-0.15, -0.1) is 5.10 Å². The van der Waals surface area contributed by atoms with Crippen LogP contribution in [0.5, 0.6) is 0 Å². The maximum Gasteiger partial charge on any atom is 0.186 e. The van der Waals surface area contributed by atoms with E-state index in [2.05, 4.69) is 26.7 Å². The first kappa shape index (κ1) is 18.4. The standard InChI is InChI=1S/C18H11Cl2N7S/c19-13-5-6-16(15(20)7-13)27-18(28)14(9-22-27)17-23-24-25-26(17)10-12-3-1-11(8-21)2-4-12/h1-7,9,22H,10H2. The normalized spacial score (nSPS) is 10.8. The highest BCUT2D eigenvalue weighted by Gasteiger charge is 2.16. The lowest BCUT2D eigenvalue weighted by Crippen LogP contribution is -2.04. The van der Waals surface area contributed by atoms with Gasteiger partial charge in [-0.25, -0.2) is 9.36 Å². The molecule has 0 amide bonds. The van der Waals surface area contributed by atoms with Crippen LogP contribution >= 0.6 is 35.4 Å². The van der Waals surface area contributed by atoms with Gasteiger partial charge in [-0.05, 0) is 46.3 Å². The van der Waals surface area contributed by atoms with Crippen LogP contribution in [0.3, 0.4) is 0 Å². The molecule has 0 saturated heterocycles. The summed E-state index contributed by atoms with van der Waals surface area (Å²) in [6.45, 7) is 0.440. The number of aromatic amines is 1. The predicted molar refractivity (Wildman–Crippen MR) is 108 cm³/mol. The first-order valence-electron chi connectivity index (χ1n) is 8.08. The van der Waals surface area contributed by atoms with Crippen LogP contribution in [0.2, 0.25) is 10.0 Å². The Labute approximate surface area is 174 Å². The van der Waals surface area contributed by atoms with Crippen LogP contribution in [-0.2, 0) is 6.54 Å². The molecule has 4 rings (SSSR count). The van der Waals surface area contributed by atoms with Gasteiger partial charge in [-0.2, -0.15) is 5.26 Å². The number of hydrogen-bond donors (Lipinski definition) is 1. The molecular weight excluding hydrogens is 417 g/mol. The predicted octanol–water partition coefficient (Wildman–Crippen LogP) is 4.42. The molecule has 0 aliphatic rings. The number of tetrazole rings is 1. The number of H-pyrrole nitrogens is 1. The van der Waals surface area contributed by atoms with Crippen LogP contribution in [0.1, 0.15) is 11.1 Å². The lowest BCUT2D eigenvalue weighted by Gasteiger charge is -2.06. The van der Waals surface area contributed by atoms with Gasteiger partial charge < -0.3 is 0 Å². The van der Waals surface area contributed by atoms with Crippen LogP contribution in [0, 0.1) is 16.0 Å². The Kier molecular flexibility index (Phi) is 4.96. The maximum absolute atomic E-state index is 8.92. The topological polar surface area (TPSA) is 88.1 Å². The van der Waals surface area contributed by atoms with E-state index in [0.29, 0.717) is 43.9 Å². The fourth-order valence-electron chi connectivity index (χ4n) is 2.73. The van der Waals surface area contributed by atoms with Gasteiger partial charge in [0.05, 0.1) is 34.5 Å². The molecule has 0 aliphatic carbocycles. The number of nitrogens with zero attached hydrogens (tertiary/aromatic N) is 6. The zero-order valence-electron chi connectivity index (χ0n) is 14.2. The maximum atomic E-state index is 8.92. The third-order valence-electron chi connectivity index (χ3n) is 4.11. The Balaban J connectivity index is 1.70. The van der Waals surface area contributed by atoms with Crippen molar-refractivity contribution in [3.05, 3.63) is 74.5 Å². The molecule has 138 valence electrons. The van der Waals surface area contributed by atoms with Crippen LogP contribution in [-0.4, -0.2) is 30.0 Å². The van der Waals surface area contributed by atoms with Crippen LogP contribution in [0.4, 0.5) is 0 Å². The molecule has 10 heteroatoms. The van der Waals surface area contributed by atoms with Crippen LogP contribution in [0.15, 0.2) is 48.7 Å². The minimum absolute atomic E-state index is 0.440. The van der Waals surface area contributed by atoms with Gasteiger partial charge in [-0.3, -0.25) is 5.10 Å². The number of hydrogen-bond acceptors (Lipinski definition) is 5. The fourth-order valence-corrected chi connectivity index (χ4v) is 3.53. The second-order valence-electron chi connectivity index (χ2n) is 5.89. The Hall–Kier alpha value is -2.99. The summed E-state index contributed by atoms with van der Waals surface area (Å²) in [6.07, 6.45) is 1.73. The molecule has 0 bridgehead atoms. The van der Waals surface area contributed by atoms with Crippen molar-refractivity contribution in [2.75, 3.05) is 0 Å². The lowest BCUT2D eigenvalue weighted by atomic mass is 10.1. The molecule has 2 heterocycles. The average molecular weight is 428 g/mol. The van der Waals surface area contributed by atoms with Crippen molar-refractivity contribution in [2.45, 2.75) is 6.54 Å². The zero-order chi connectivity index (χ0) is 19.7. The zero-order valence-corrected chi connectivity index (χ0v) is 16.5. The van der Waals surface area contributed by atoms with Gasteiger partial charge in [0.25, 0.3) is 0 Å². The van der Waals surface area contributed by atoms with E-state index in [0.717, 1.165) is 5.56 Å². The van der Waals surface area contributed by atoms with Gasteiger partial charge in [0.15, 0.2) is 5.82 Å². The van der Waals surface area contributed by atoms with Crippen molar-refractivity contribution in [3.8, 4) is 23.1 Å². The fraction of sp³-hybridized carbons (Fsp3) is 0.0556.